The molecule has 0 unspecified atom stereocenters. The zero-order chi connectivity index (χ0) is 22.5. The standard InChI is InChI=1S/C27H32ClN3O/c1-4-21(28)24-22(5-2)31-23-10-9-19(18-11-15-30(3)16-12-18)17-20(23)27(13-7-6-8-14-27)26(31)29-25(24)32/h4-5,9-10,17-18H,1,6-8,11-16H2,2-3H3/b22-5+,24-21-. The molecule has 32 heavy (non-hydrogen) atoms. The minimum Gasteiger partial charge on any atom is -0.306 e. The van der Waals surface area contributed by atoms with Crippen LogP contribution >= 0.6 is 11.6 Å². The first-order chi connectivity index (χ1) is 15.5. The van der Waals surface area contributed by atoms with Gasteiger partial charge in [-0.2, -0.15) is 4.98 Å². The molecule has 5 heteroatoms. The number of halogens is 1. The fourth-order valence-electron chi connectivity index (χ4n) is 6.20. The number of allylic oxidation sites excluding steroid dienone is 1. The van der Waals surface area contributed by atoms with Crippen molar-refractivity contribution in [2.75, 3.05) is 20.1 Å². The maximum atomic E-state index is 13.2. The second-order valence-corrected chi connectivity index (χ2v) is 10.1. The largest absolute Gasteiger partial charge is 0.306 e. The number of nitrogens with zero attached hydrogens (tertiary/aromatic N) is 3. The van der Waals surface area contributed by atoms with Gasteiger partial charge in [0.2, 0.25) is 0 Å². The van der Waals surface area contributed by atoms with Gasteiger partial charge in [0.1, 0.15) is 5.82 Å². The van der Waals surface area contributed by atoms with Crippen molar-refractivity contribution < 1.29 is 0 Å². The molecule has 5 rings (SSSR count). The van der Waals surface area contributed by atoms with E-state index >= 15 is 0 Å². The van der Waals surface area contributed by atoms with E-state index in [9.17, 15) is 4.79 Å². The van der Waals surface area contributed by atoms with Gasteiger partial charge < -0.3 is 4.90 Å². The Kier molecular flexibility index (Phi) is 5.63. The summed E-state index contributed by atoms with van der Waals surface area (Å²) in [5.74, 6) is 1.51. The predicted octanol–water partition coefficient (Wildman–Crippen LogP) is 3.94. The second-order valence-electron chi connectivity index (χ2n) is 9.67. The summed E-state index contributed by atoms with van der Waals surface area (Å²) in [6.45, 7) is 8.05. The summed E-state index contributed by atoms with van der Waals surface area (Å²) in [6.07, 6.45) is 11.6. The average Bonchev–Trinajstić information content (AvgIpc) is 3.07. The minimum absolute atomic E-state index is 0.175. The van der Waals surface area contributed by atoms with Gasteiger partial charge in [-0.1, -0.05) is 55.7 Å². The lowest BCUT2D eigenvalue weighted by Gasteiger charge is -2.34. The average molecular weight is 450 g/mol. The lowest BCUT2D eigenvalue weighted by molar-refractivity contribution is 0.255. The van der Waals surface area contributed by atoms with Crippen LogP contribution in [-0.4, -0.2) is 34.6 Å². The topological polar surface area (TPSA) is 38.1 Å². The lowest BCUT2D eigenvalue weighted by Crippen LogP contribution is -2.49. The third-order valence-electron chi connectivity index (χ3n) is 7.92. The number of benzene rings is 1. The van der Waals surface area contributed by atoms with Crippen molar-refractivity contribution >= 4 is 22.7 Å². The Morgan fingerprint density at radius 1 is 1.22 bits per heavy atom. The SMILES string of the molecule is C=C/C(Cl)=c1/c(=O)nc2n(/c1=C/C)-c1ccc(C3CCN(C)CC3)cc1C21CCCCC1. The van der Waals surface area contributed by atoms with E-state index < -0.39 is 0 Å². The van der Waals surface area contributed by atoms with E-state index in [1.54, 1.807) is 0 Å². The summed E-state index contributed by atoms with van der Waals surface area (Å²) in [5, 5.41) is 1.65. The fraction of sp³-hybridized carbons (Fsp3) is 0.481. The quantitative estimate of drug-likeness (QED) is 0.697. The number of hydrogen-bond acceptors (Lipinski definition) is 3. The van der Waals surface area contributed by atoms with E-state index in [4.69, 9.17) is 16.6 Å². The smallest absolute Gasteiger partial charge is 0.282 e. The Morgan fingerprint density at radius 3 is 2.59 bits per heavy atom. The molecule has 0 bridgehead atoms. The third kappa shape index (κ3) is 3.22. The molecule has 1 saturated carbocycles. The van der Waals surface area contributed by atoms with E-state index in [2.05, 4.69) is 41.3 Å². The zero-order valence-corrected chi connectivity index (χ0v) is 19.9. The number of piperidine rings is 1. The zero-order valence-electron chi connectivity index (χ0n) is 19.2. The maximum Gasteiger partial charge on any atom is 0.282 e. The van der Waals surface area contributed by atoms with Crippen molar-refractivity contribution in [3.05, 3.63) is 68.7 Å². The first-order valence-corrected chi connectivity index (χ1v) is 12.3. The van der Waals surface area contributed by atoms with Crippen LogP contribution in [0.2, 0.25) is 0 Å². The van der Waals surface area contributed by atoms with Gasteiger partial charge in [0, 0.05) is 0 Å². The van der Waals surface area contributed by atoms with Crippen molar-refractivity contribution in [1.29, 1.82) is 0 Å². The van der Waals surface area contributed by atoms with Crippen LogP contribution in [0.1, 0.15) is 74.7 Å². The Bertz CT molecular complexity index is 1240. The van der Waals surface area contributed by atoms with E-state index in [0.29, 0.717) is 16.2 Å². The molecule has 2 fully saturated rings. The molecule has 0 N–H and O–H groups in total. The number of aromatic nitrogens is 2. The molecule has 1 saturated heterocycles. The van der Waals surface area contributed by atoms with Crippen LogP contribution in [0.5, 0.6) is 0 Å². The van der Waals surface area contributed by atoms with Gasteiger partial charge in [-0.05, 0) is 81.9 Å². The molecule has 168 valence electrons. The number of rotatable bonds is 2. The first kappa shape index (κ1) is 21.7. The second kappa shape index (κ2) is 8.31. The Hall–Kier alpha value is -2.17. The third-order valence-corrected chi connectivity index (χ3v) is 8.27. The number of fused-ring (bicyclic) bond motifs is 5. The normalized spacial score (nSPS) is 22.0. The minimum atomic E-state index is -0.248. The van der Waals surface area contributed by atoms with Crippen LogP contribution in [0.25, 0.3) is 16.8 Å². The highest BCUT2D eigenvalue weighted by Gasteiger charge is 2.46. The maximum absolute atomic E-state index is 13.2. The lowest BCUT2D eigenvalue weighted by atomic mass is 9.69. The van der Waals surface area contributed by atoms with Crippen molar-refractivity contribution in [3.8, 4) is 5.69 Å². The monoisotopic (exact) mass is 449 g/mol. The summed E-state index contributed by atoms with van der Waals surface area (Å²) in [4.78, 5) is 20.3. The van der Waals surface area contributed by atoms with Crippen LogP contribution in [0.15, 0.2) is 35.6 Å². The molecule has 1 aromatic heterocycles. The highest BCUT2D eigenvalue weighted by Crippen LogP contribution is 2.50. The predicted molar refractivity (Wildman–Crippen MR) is 132 cm³/mol. The van der Waals surface area contributed by atoms with Gasteiger partial charge >= 0.3 is 0 Å². The van der Waals surface area contributed by atoms with Crippen LogP contribution in [-0.2, 0) is 5.41 Å². The molecular weight excluding hydrogens is 418 g/mol. The highest BCUT2D eigenvalue weighted by atomic mass is 35.5. The molecule has 0 radical (unpaired) electrons. The van der Waals surface area contributed by atoms with Gasteiger partial charge in [0.25, 0.3) is 5.56 Å². The fourth-order valence-corrected chi connectivity index (χ4v) is 6.38. The van der Waals surface area contributed by atoms with Crippen LogP contribution in [0, 0.1) is 0 Å². The van der Waals surface area contributed by atoms with Crippen LogP contribution < -0.4 is 16.1 Å². The van der Waals surface area contributed by atoms with Gasteiger partial charge in [-0.3, -0.25) is 9.36 Å². The number of hydrogen-bond donors (Lipinski definition) is 0. The van der Waals surface area contributed by atoms with E-state index in [1.165, 1.54) is 49.3 Å². The summed E-state index contributed by atoms with van der Waals surface area (Å²) in [6, 6.07) is 7.02. The molecule has 4 nitrogen and oxygen atoms in total. The molecule has 3 aliphatic rings. The van der Waals surface area contributed by atoms with Crippen LogP contribution in [0.4, 0.5) is 0 Å². The van der Waals surface area contributed by atoms with Gasteiger partial charge in [0.15, 0.2) is 0 Å². The molecular formula is C27H32ClN3O. The summed E-state index contributed by atoms with van der Waals surface area (Å²) in [5.41, 5.74) is 3.54. The van der Waals surface area contributed by atoms with Crippen molar-refractivity contribution in [3.63, 3.8) is 0 Å². The van der Waals surface area contributed by atoms with Gasteiger partial charge in [-0.15, -0.1) is 0 Å². The van der Waals surface area contributed by atoms with Crippen LogP contribution in [0.3, 0.4) is 0 Å². The Morgan fingerprint density at radius 2 is 1.94 bits per heavy atom. The molecule has 0 atom stereocenters. The molecule has 3 heterocycles. The Labute approximate surface area is 194 Å². The summed E-state index contributed by atoms with van der Waals surface area (Å²) < 4.78 is 2.21. The number of likely N-dealkylation sites (tertiary alicyclic amines) is 1. The summed E-state index contributed by atoms with van der Waals surface area (Å²) >= 11 is 6.45. The molecule has 1 aliphatic carbocycles. The molecule has 2 aliphatic heterocycles. The first-order valence-electron chi connectivity index (χ1n) is 12.0. The highest BCUT2D eigenvalue weighted by molar-refractivity contribution is 6.47. The molecule has 2 aromatic rings. The Balaban J connectivity index is 1.78. The van der Waals surface area contributed by atoms with Gasteiger partial charge in [-0.25, -0.2) is 0 Å². The summed E-state index contributed by atoms with van der Waals surface area (Å²) in [7, 11) is 2.21. The van der Waals surface area contributed by atoms with Crippen molar-refractivity contribution in [2.45, 2.75) is 63.2 Å². The van der Waals surface area contributed by atoms with Crippen molar-refractivity contribution in [1.82, 2.24) is 14.5 Å². The molecule has 1 aromatic carbocycles. The van der Waals surface area contributed by atoms with E-state index in [-0.39, 0.29) is 11.0 Å². The van der Waals surface area contributed by atoms with Crippen molar-refractivity contribution in [2.24, 2.45) is 0 Å². The van der Waals surface area contributed by atoms with Gasteiger partial charge in [0.05, 0.1) is 26.7 Å². The molecule has 0 amide bonds. The van der Waals surface area contributed by atoms with E-state index in [0.717, 1.165) is 42.8 Å². The van der Waals surface area contributed by atoms with E-state index in [1.807, 2.05) is 13.0 Å². The molecule has 1 spiro atoms.